The Morgan fingerprint density at radius 1 is 0.972 bits per heavy atom. The molecule has 0 fully saturated rings. The quantitative estimate of drug-likeness (QED) is 0.238. The minimum Gasteiger partial charge on any atom is -0.331 e. The molecule has 0 saturated carbocycles. The zero-order valence-electron chi connectivity index (χ0n) is 18.4. The summed E-state index contributed by atoms with van der Waals surface area (Å²) < 4.78 is 40.5. The number of amides is 2. The fourth-order valence-corrected chi connectivity index (χ4v) is 4.53. The molecule has 0 aliphatic carbocycles. The Balaban J connectivity index is 1.53. The van der Waals surface area contributed by atoms with E-state index in [0.717, 1.165) is 17.7 Å². The summed E-state index contributed by atoms with van der Waals surface area (Å²) in [5, 5.41) is 14.8. The van der Waals surface area contributed by atoms with Crippen molar-refractivity contribution in [2.24, 2.45) is 0 Å². The maximum Gasteiger partial charge on any atom is 0.416 e. The third-order valence-corrected chi connectivity index (χ3v) is 6.47. The van der Waals surface area contributed by atoms with E-state index in [1.54, 1.807) is 22.8 Å². The minimum atomic E-state index is -4.52. The number of rotatable bonds is 7. The zero-order chi connectivity index (χ0) is 25.7. The van der Waals surface area contributed by atoms with Crippen LogP contribution in [0.2, 0.25) is 10.0 Å². The first-order valence-corrected chi connectivity index (χ1v) is 12.2. The summed E-state index contributed by atoms with van der Waals surface area (Å²) in [5.74, 6) is 0.967. The number of aromatic nitrogens is 3. The smallest absolute Gasteiger partial charge is 0.331 e. The number of hydrogen-bond donors (Lipinski definition) is 2. The van der Waals surface area contributed by atoms with Crippen LogP contribution in [0.15, 0.2) is 78.0 Å². The van der Waals surface area contributed by atoms with Crippen molar-refractivity contribution in [1.82, 2.24) is 20.1 Å². The molecule has 186 valence electrons. The Kier molecular flexibility index (Phi) is 8.07. The lowest BCUT2D eigenvalue weighted by Gasteiger charge is -2.14. The Morgan fingerprint density at radius 3 is 2.50 bits per heavy atom. The van der Waals surface area contributed by atoms with Gasteiger partial charge in [0.1, 0.15) is 0 Å². The molecule has 2 N–H and O–H groups in total. The van der Waals surface area contributed by atoms with Crippen molar-refractivity contribution in [2.45, 2.75) is 23.6 Å². The SMILES string of the molecule is O=C(NCc1nnc(SCc2ccccc2)n1-c1cc(Cl)ccc1Cl)Nc1cccc(C(F)(F)F)c1. The van der Waals surface area contributed by atoms with Gasteiger partial charge in [0, 0.05) is 16.5 Å². The number of halogens is 5. The normalized spacial score (nSPS) is 11.4. The lowest BCUT2D eigenvalue weighted by atomic mass is 10.2. The van der Waals surface area contributed by atoms with Gasteiger partial charge in [-0.1, -0.05) is 71.4 Å². The summed E-state index contributed by atoms with van der Waals surface area (Å²) >= 11 is 14.1. The Labute approximate surface area is 218 Å². The highest BCUT2D eigenvalue weighted by Gasteiger charge is 2.30. The molecule has 0 unspecified atom stereocenters. The van der Waals surface area contributed by atoms with Gasteiger partial charge in [-0.05, 0) is 42.0 Å². The van der Waals surface area contributed by atoms with Crippen molar-refractivity contribution in [1.29, 1.82) is 0 Å². The van der Waals surface area contributed by atoms with E-state index >= 15 is 0 Å². The number of nitrogens with one attached hydrogen (secondary N) is 2. The van der Waals surface area contributed by atoms with E-state index in [1.807, 2.05) is 30.3 Å². The second-order valence-corrected chi connectivity index (χ2v) is 9.28. The number of carbonyl (C=O) groups is 1. The number of thioether (sulfide) groups is 1. The average molecular weight is 552 g/mol. The molecular weight excluding hydrogens is 534 g/mol. The third-order valence-electron chi connectivity index (χ3n) is 4.92. The summed E-state index contributed by atoms with van der Waals surface area (Å²) in [7, 11) is 0. The predicted octanol–water partition coefficient (Wildman–Crippen LogP) is 7.21. The molecule has 0 saturated heterocycles. The zero-order valence-corrected chi connectivity index (χ0v) is 20.7. The van der Waals surface area contributed by atoms with Crippen molar-refractivity contribution in [3.63, 3.8) is 0 Å². The fourth-order valence-electron chi connectivity index (χ4n) is 3.24. The van der Waals surface area contributed by atoms with Gasteiger partial charge >= 0.3 is 12.2 Å². The van der Waals surface area contributed by atoms with Gasteiger partial charge < -0.3 is 10.6 Å². The molecule has 3 aromatic carbocycles. The largest absolute Gasteiger partial charge is 0.416 e. The summed E-state index contributed by atoms with van der Waals surface area (Å²) in [6.07, 6.45) is -4.52. The molecule has 0 aliphatic heterocycles. The number of anilines is 1. The van der Waals surface area contributed by atoms with Crippen molar-refractivity contribution in [3.8, 4) is 5.69 Å². The Bertz CT molecular complexity index is 1370. The van der Waals surface area contributed by atoms with Crippen molar-refractivity contribution >= 4 is 46.7 Å². The van der Waals surface area contributed by atoms with Crippen LogP contribution in [0.25, 0.3) is 5.69 Å². The van der Waals surface area contributed by atoms with Crippen molar-refractivity contribution < 1.29 is 18.0 Å². The molecule has 1 heterocycles. The van der Waals surface area contributed by atoms with Crippen LogP contribution in [-0.2, 0) is 18.5 Å². The average Bonchev–Trinajstić information content (AvgIpc) is 3.26. The molecule has 12 heteroatoms. The Morgan fingerprint density at radius 2 is 1.75 bits per heavy atom. The second kappa shape index (κ2) is 11.2. The minimum absolute atomic E-state index is 0.000725. The fraction of sp³-hybridized carbons (Fsp3) is 0.125. The van der Waals surface area contributed by atoms with Gasteiger partial charge in [-0.2, -0.15) is 13.2 Å². The first-order chi connectivity index (χ1) is 17.2. The Hall–Kier alpha value is -3.21. The molecule has 0 bridgehead atoms. The van der Waals surface area contributed by atoms with Gasteiger partial charge in [-0.3, -0.25) is 4.57 Å². The summed E-state index contributed by atoms with van der Waals surface area (Å²) in [4.78, 5) is 12.4. The van der Waals surface area contributed by atoms with Gasteiger partial charge in [0.05, 0.1) is 22.8 Å². The summed E-state index contributed by atoms with van der Waals surface area (Å²) in [6.45, 7) is -0.0769. The molecule has 0 spiro atoms. The van der Waals surface area contributed by atoms with E-state index in [-0.39, 0.29) is 12.2 Å². The van der Waals surface area contributed by atoms with E-state index in [4.69, 9.17) is 23.2 Å². The first-order valence-electron chi connectivity index (χ1n) is 10.5. The van der Waals surface area contributed by atoms with Crippen molar-refractivity contribution in [2.75, 3.05) is 5.32 Å². The molecular formula is C24H18Cl2F3N5OS. The van der Waals surface area contributed by atoms with Crippen LogP contribution in [0.5, 0.6) is 0 Å². The maximum absolute atomic E-state index is 12.9. The second-order valence-electron chi connectivity index (χ2n) is 7.49. The van der Waals surface area contributed by atoms with Gasteiger partial charge in [-0.25, -0.2) is 4.79 Å². The van der Waals surface area contributed by atoms with Gasteiger partial charge in [-0.15, -0.1) is 10.2 Å². The van der Waals surface area contributed by atoms with Crippen molar-refractivity contribution in [3.05, 3.63) is 99.8 Å². The molecule has 0 radical (unpaired) electrons. The predicted molar refractivity (Wildman–Crippen MR) is 135 cm³/mol. The van der Waals surface area contributed by atoms with Gasteiger partial charge in [0.15, 0.2) is 11.0 Å². The highest BCUT2D eigenvalue weighted by Crippen LogP contribution is 2.32. The van der Waals surface area contributed by atoms with Crippen LogP contribution in [0.3, 0.4) is 0 Å². The van der Waals surface area contributed by atoms with E-state index in [9.17, 15) is 18.0 Å². The molecule has 2 amide bonds. The first kappa shape index (κ1) is 25.9. The van der Waals surface area contributed by atoms with Crippen LogP contribution in [0.4, 0.5) is 23.7 Å². The van der Waals surface area contributed by atoms with Crippen LogP contribution < -0.4 is 10.6 Å². The highest BCUT2D eigenvalue weighted by atomic mass is 35.5. The van der Waals surface area contributed by atoms with E-state index in [2.05, 4.69) is 20.8 Å². The standard InChI is InChI=1S/C24H18Cl2F3N5OS/c25-17-9-10-19(26)20(12-17)34-21(32-33-23(34)36-14-15-5-2-1-3-6-15)13-30-22(35)31-18-8-4-7-16(11-18)24(27,28)29/h1-12H,13-14H2,(H2,30,31,35). The number of urea groups is 1. The molecule has 6 nitrogen and oxygen atoms in total. The van der Waals surface area contributed by atoms with Crippen LogP contribution in [0.1, 0.15) is 17.0 Å². The maximum atomic E-state index is 12.9. The molecule has 4 aromatic rings. The van der Waals surface area contributed by atoms with Crippen LogP contribution >= 0.6 is 35.0 Å². The summed E-state index contributed by atoms with van der Waals surface area (Å²) in [5.41, 5.74) is 0.741. The summed E-state index contributed by atoms with van der Waals surface area (Å²) in [6, 6.07) is 18.4. The van der Waals surface area contributed by atoms with Crippen LogP contribution in [0, 0.1) is 0 Å². The molecule has 36 heavy (non-hydrogen) atoms. The number of benzene rings is 3. The number of carbonyl (C=O) groups excluding carboxylic acids is 1. The highest BCUT2D eigenvalue weighted by molar-refractivity contribution is 7.98. The lowest BCUT2D eigenvalue weighted by molar-refractivity contribution is -0.137. The van der Waals surface area contributed by atoms with E-state index in [0.29, 0.717) is 32.5 Å². The third kappa shape index (κ3) is 6.51. The molecule has 0 aliphatic rings. The molecule has 1 aromatic heterocycles. The molecule has 0 atom stereocenters. The topological polar surface area (TPSA) is 71.8 Å². The number of hydrogen-bond acceptors (Lipinski definition) is 4. The monoisotopic (exact) mass is 551 g/mol. The molecule has 4 rings (SSSR count). The number of alkyl halides is 3. The number of nitrogens with zero attached hydrogens (tertiary/aromatic N) is 3. The van der Waals surface area contributed by atoms with E-state index < -0.39 is 17.8 Å². The van der Waals surface area contributed by atoms with Gasteiger partial charge in [0.25, 0.3) is 0 Å². The van der Waals surface area contributed by atoms with Gasteiger partial charge in [0.2, 0.25) is 0 Å². The van der Waals surface area contributed by atoms with E-state index in [1.165, 1.54) is 23.9 Å². The lowest BCUT2D eigenvalue weighted by Crippen LogP contribution is -2.29. The van der Waals surface area contributed by atoms with Crippen LogP contribution in [-0.4, -0.2) is 20.8 Å².